The SMILES string of the molecule is CC(C)CCCCCCCCCCCCCCCCCCCCC(=O)O[C@H](COC(=O)CCCCCCCCCCC(C)C)COP(=O)(O)OCC(O)COP(=O)(O)OC[C@@H](COC(=O)CCCCCCCCCC(C)C)OC(=O)CCCCCCCCCCCCCCCCC(C)C. The highest BCUT2D eigenvalue weighted by Crippen LogP contribution is 2.45. The van der Waals surface area contributed by atoms with E-state index in [1.165, 1.54) is 205 Å². The second-order valence-electron chi connectivity index (χ2n) is 30.7. The summed E-state index contributed by atoms with van der Waals surface area (Å²) in [6, 6.07) is 0. The van der Waals surface area contributed by atoms with Crippen LogP contribution in [0.4, 0.5) is 0 Å². The van der Waals surface area contributed by atoms with Gasteiger partial charge in [-0.05, 0) is 49.4 Å². The van der Waals surface area contributed by atoms with Gasteiger partial charge in [-0.2, -0.15) is 0 Å². The second-order valence-corrected chi connectivity index (χ2v) is 33.6. The highest BCUT2D eigenvalue weighted by Gasteiger charge is 2.30. The zero-order valence-corrected chi connectivity index (χ0v) is 66.9. The van der Waals surface area contributed by atoms with Crippen LogP contribution in [0.15, 0.2) is 0 Å². The van der Waals surface area contributed by atoms with Crippen LogP contribution in [0.2, 0.25) is 0 Å². The number of hydrogen-bond acceptors (Lipinski definition) is 15. The van der Waals surface area contributed by atoms with Crippen LogP contribution in [0.5, 0.6) is 0 Å². The van der Waals surface area contributed by atoms with Crippen LogP contribution < -0.4 is 0 Å². The average molecular weight is 1450 g/mol. The Balaban J connectivity index is 5.19. The van der Waals surface area contributed by atoms with Gasteiger partial charge in [-0.25, -0.2) is 9.13 Å². The average Bonchev–Trinajstić information content (AvgIpc) is 1.13. The van der Waals surface area contributed by atoms with E-state index in [4.69, 9.17) is 37.0 Å². The molecule has 0 bridgehead atoms. The summed E-state index contributed by atoms with van der Waals surface area (Å²) in [4.78, 5) is 72.9. The lowest BCUT2D eigenvalue weighted by molar-refractivity contribution is -0.161. The number of rotatable bonds is 77. The van der Waals surface area contributed by atoms with E-state index in [1.807, 2.05) is 0 Å². The summed E-state index contributed by atoms with van der Waals surface area (Å²) in [5, 5.41) is 10.6. The fraction of sp³-hybridized carbons (Fsp3) is 0.950. The van der Waals surface area contributed by atoms with Gasteiger partial charge >= 0.3 is 39.5 Å². The van der Waals surface area contributed by atoms with E-state index in [0.717, 1.165) is 114 Å². The Morgan fingerprint density at radius 3 is 0.626 bits per heavy atom. The van der Waals surface area contributed by atoms with Gasteiger partial charge in [-0.15, -0.1) is 0 Å². The lowest BCUT2D eigenvalue weighted by Gasteiger charge is -2.21. The van der Waals surface area contributed by atoms with Crippen LogP contribution in [0, 0.1) is 23.7 Å². The lowest BCUT2D eigenvalue weighted by Crippen LogP contribution is -2.30. The first-order valence-corrected chi connectivity index (χ1v) is 44.2. The Morgan fingerprint density at radius 2 is 0.424 bits per heavy atom. The second kappa shape index (κ2) is 69.1. The van der Waals surface area contributed by atoms with Gasteiger partial charge in [0.25, 0.3) is 0 Å². The van der Waals surface area contributed by atoms with Gasteiger partial charge in [0.15, 0.2) is 12.2 Å². The van der Waals surface area contributed by atoms with Crippen molar-refractivity contribution in [1.82, 2.24) is 0 Å². The Bertz CT molecular complexity index is 1940. The minimum absolute atomic E-state index is 0.106. The number of aliphatic hydroxyl groups excluding tert-OH is 1. The number of unbranched alkanes of at least 4 members (excludes halogenated alkanes) is 43. The molecular weight excluding hydrogens is 1290 g/mol. The zero-order chi connectivity index (χ0) is 73.1. The van der Waals surface area contributed by atoms with Crippen molar-refractivity contribution < 1.29 is 80.2 Å². The third-order valence-corrected chi connectivity index (χ3v) is 20.5. The van der Waals surface area contributed by atoms with Crippen molar-refractivity contribution in [1.29, 1.82) is 0 Å². The van der Waals surface area contributed by atoms with Crippen molar-refractivity contribution in [3.63, 3.8) is 0 Å². The highest BCUT2D eigenvalue weighted by molar-refractivity contribution is 7.47. The molecule has 588 valence electrons. The van der Waals surface area contributed by atoms with Gasteiger partial charge in [-0.3, -0.25) is 37.3 Å². The van der Waals surface area contributed by atoms with Crippen LogP contribution in [-0.4, -0.2) is 96.7 Å². The molecule has 0 spiro atoms. The third kappa shape index (κ3) is 74.1. The lowest BCUT2D eigenvalue weighted by atomic mass is 10.0. The molecule has 0 aromatic carbocycles. The molecule has 0 fully saturated rings. The van der Waals surface area contributed by atoms with Gasteiger partial charge in [0.1, 0.15) is 19.3 Å². The number of hydrogen-bond donors (Lipinski definition) is 3. The molecular formula is C80H156O17P2. The first-order valence-electron chi connectivity index (χ1n) is 41.2. The Hall–Kier alpha value is -1.94. The Morgan fingerprint density at radius 1 is 0.253 bits per heavy atom. The summed E-state index contributed by atoms with van der Waals surface area (Å²) in [6.45, 7) is 14.2. The van der Waals surface area contributed by atoms with E-state index >= 15 is 0 Å². The van der Waals surface area contributed by atoms with Crippen LogP contribution >= 0.6 is 15.6 Å². The molecule has 99 heavy (non-hydrogen) atoms. The molecule has 3 unspecified atom stereocenters. The minimum Gasteiger partial charge on any atom is -0.462 e. The number of phosphoric acid groups is 2. The first kappa shape index (κ1) is 97.1. The number of carbonyl (C=O) groups excluding carboxylic acids is 4. The molecule has 3 N–H and O–H groups in total. The minimum atomic E-state index is -4.96. The smallest absolute Gasteiger partial charge is 0.462 e. The van der Waals surface area contributed by atoms with E-state index in [-0.39, 0.29) is 25.7 Å². The van der Waals surface area contributed by atoms with Crippen LogP contribution in [0.1, 0.15) is 409 Å². The van der Waals surface area contributed by atoms with E-state index in [2.05, 4.69) is 55.4 Å². The number of carbonyl (C=O) groups is 4. The summed E-state index contributed by atoms with van der Waals surface area (Å²) in [5.41, 5.74) is 0. The van der Waals surface area contributed by atoms with Crippen molar-refractivity contribution in [3.05, 3.63) is 0 Å². The Labute approximate surface area is 607 Å². The zero-order valence-electron chi connectivity index (χ0n) is 65.1. The van der Waals surface area contributed by atoms with Crippen molar-refractivity contribution in [2.24, 2.45) is 23.7 Å². The normalized spacial score (nSPS) is 14.1. The summed E-state index contributed by atoms with van der Waals surface area (Å²) in [7, 11) is -9.92. The topological polar surface area (TPSA) is 237 Å². The maximum atomic E-state index is 13.1. The molecule has 17 nitrogen and oxygen atoms in total. The fourth-order valence-electron chi connectivity index (χ4n) is 12.3. The van der Waals surface area contributed by atoms with Crippen molar-refractivity contribution in [3.8, 4) is 0 Å². The van der Waals surface area contributed by atoms with E-state index in [9.17, 15) is 43.2 Å². The molecule has 0 aliphatic carbocycles. The monoisotopic (exact) mass is 1450 g/mol. The number of aliphatic hydroxyl groups is 1. The quantitative estimate of drug-likeness (QED) is 0.0222. The van der Waals surface area contributed by atoms with Gasteiger partial charge in [0.2, 0.25) is 0 Å². The van der Waals surface area contributed by atoms with Crippen LogP contribution in [0.25, 0.3) is 0 Å². The van der Waals surface area contributed by atoms with Crippen LogP contribution in [-0.2, 0) is 65.4 Å². The molecule has 0 rings (SSSR count). The predicted molar refractivity (Wildman–Crippen MR) is 404 cm³/mol. The molecule has 0 saturated heterocycles. The largest absolute Gasteiger partial charge is 0.472 e. The maximum absolute atomic E-state index is 13.1. The third-order valence-electron chi connectivity index (χ3n) is 18.6. The van der Waals surface area contributed by atoms with Gasteiger partial charge < -0.3 is 33.8 Å². The summed E-state index contributed by atoms with van der Waals surface area (Å²) in [5.74, 6) is 0.929. The van der Waals surface area contributed by atoms with Crippen molar-refractivity contribution in [2.75, 3.05) is 39.6 Å². The van der Waals surface area contributed by atoms with Crippen molar-refractivity contribution >= 4 is 39.5 Å². The molecule has 0 saturated carbocycles. The van der Waals surface area contributed by atoms with E-state index < -0.39 is 97.5 Å². The van der Waals surface area contributed by atoms with Gasteiger partial charge in [-0.1, -0.05) is 357 Å². The highest BCUT2D eigenvalue weighted by atomic mass is 31.2. The van der Waals surface area contributed by atoms with E-state index in [1.54, 1.807) is 0 Å². The first-order chi connectivity index (χ1) is 47.6. The molecule has 0 aliphatic heterocycles. The molecule has 19 heteroatoms. The standard InChI is InChI=1S/C80H156O17P2/c1-70(2)56-48-40-32-25-21-17-13-11-9-10-12-14-19-23-27-37-46-54-62-79(84)96-75(66-90-77(82)60-52-44-36-30-29-34-42-50-58-72(5)6)68-94-98(86,87)92-64-74(81)65-93-99(88,89)95-69-76(67-91-78(83)61-53-45-39-31-35-43-51-59-73(7)8)97-80(85)63-55-47-38-28-24-20-16-15-18-22-26-33-41-49-57-71(3)4/h70-76,81H,9-69H2,1-8H3,(H,86,87)(H,88,89)/t74?,75-,76-/m1/s1. The summed E-state index contributed by atoms with van der Waals surface area (Å²) in [6.07, 6.45) is 55.7. The molecule has 0 aromatic heterocycles. The fourth-order valence-corrected chi connectivity index (χ4v) is 13.8. The number of ether oxygens (including phenoxy) is 4. The number of esters is 4. The number of phosphoric ester groups is 2. The molecule has 5 atom stereocenters. The molecule has 0 aromatic rings. The van der Waals surface area contributed by atoms with Gasteiger partial charge in [0.05, 0.1) is 26.4 Å². The molecule has 0 amide bonds. The van der Waals surface area contributed by atoms with Gasteiger partial charge in [0, 0.05) is 25.7 Å². The summed E-state index contributed by atoms with van der Waals surface area (Å²) < 4.78 is 68.6. The molecule has 0 aliphatic rings. The predicted octanol–water partition coefficient (Wildman–Crippen LogP) is 23.6. The molecule has 0 heterocycles. The molecule has 0 radical (unpaired) electrons. The van der Waals surface area contributed by atoms with E-state index in [0.29, 0.717) is 31.6 Å². The van der Waals surface area contributed by atoms with Crippen LogP contribution in [0.3, 0.4) is 0 Å². The Kier molecular flexibility index (Phi) is 67.8. The maximum Gasteiger partial charge on any atom is 0.472 e. The van der Waals surface area contributed by atoms with Crippen molar-refractivity contribution in [2.45, 2.75) is 427 Å². The summed E-state index contributed by atoms with van der Waals surface area (Å²) >= 11 is 0.